The minimum atomic E-state index is -0.225. The molecule has 4 rings (SSSR count). The highest BCUT2D eigenvalue weighted by atomic mass is 35.5. The van der Waals surface area contributed by atoms with Crippen molar-refractivity contribution in [3.05, 3.63) is 58.9 Å². The Hall–Kier alpha value is -3.19. The lowest BCUT2D eigenvalue weighted by Gasteiger charge is -2.17. The monoisotopic (exact) mass is 424 g/mol. The summed E-state index contributed by atoms with van der Waals surface area (Å²) in [5, 5.41) is 11.3. The van der Waals surface area contributed by atoms with Crippen LogP contribution in [0.3, 0.4) is 0 Å². The zero-order valence-electron chi connectivity index (χ0n) is 16.5. The number of carbonyl (C=O) groups is 2. The van der Waals surface area contributed by atoms with Crippen LogP contribution < -0.4 is 10.2 Å². The van der Waals surface area contributed by atoms with Gasteiger partial charge in [0.1, 0.15) is 0 Å². The first-order chi connectivity index (χ1) is 14.5. The molecule has 0 unspecified atom stereocenters. The van der Waals surface area contributed by atoms with Crippen LogP contribution in [0.1, 0.15) is 30.7 Å². The van der Waals surface area contributed by atoms with E-state index in [1.165, 1.54) is 0 Å². The fourth-order valence-electron chi connectivity index (χ4n) is 3.30. The van der Waals surface area contributed by atoms with E-state index in [1.54, 1.807) is 23.1 Å². The lowest BCUT2D eigenvalue weighted by Crippen LogP contribution is -2.23. The smallest absolute Gasteiger partial charge is 0.247 e. The SMILES string of the molecule is Cc1ccc(-c2nnc(CCC(=O)Nc3cc(N4CCCC4=O)ccc3Cl)o2)cc1. The van der Waals surface area contributed by atoms with Crippen molar-refractivity contribution in [1.29, 1.82) is 0 Å². The van der Waals surface area contributed by atoms with Crippen molar-refractivity contribution in [2.45, 2.75) is 32.6 Å². The van der Waals surface area contributed by atoms with Crippen LogP contribution >= 0.6 is 11.6 Å². The van der Waals surface area contributed by atoms with E-state index in [0.29, 0.717) is 41.9 Å². The van der Waals surface area contributed by atoms with Crippen molar-refractivity contribution in [2.24, 2.45) is 0 Å². The fraction of sp³-hybridized carbons (Fsp3) is 0.273. The second-order valence-electron chi connectivity index (χ2n) is 7.23. The lowest BCUT2D eigenvalue weighted by molar-refractivity contribution is -0.117. The Morgan fingerprint density at radius 1 is 1.20 bits per heavy atom. The Morgan fingerprint density at radius 3 is 2.73 bits per heavy atom. The van der Waals surface area contributed by atoms with Crippen molar-refractivity contribution >= 4 is 34.8 Å². The maximum atomic E-state index is 12.4. The van der Waals surface area contributed by atoms with Crippen LogP contribution in [0.4, 0.5) is 11.4 Å². The van der Waals surface area contributed by atoms with E-state index >= 15 is 0 Å². The number of benzene rings is 2. The average Bonchev–Trinajstić information content (AvgIpc) is 3.38. The summed E-state index contributed by atoms with van der Waals surface area (Å²) in [7, 11) is 0. The van der Waals surface area contributed by atoms with Gasteiger partial charge in [0.15, 0.2) is 0 Å². The highest BCUT2D eigenvalue weighted by Crippen LogP contribution is 2.30. The van der Waals surface area contributed by atoms with Crippen molar-refractivity contribution in [1.82, 2.24) is 10.2 Å². The first-order valence-corrected chi connectivity index (χ1v) is 10.2. The molecule has 1 fully saturated rings. The minimum absolute atomic E-state index is 0.0790. The number of rotatable bonds is 6. The maximum absolute atomic E-state index is 12.4. The van der Waals surface area contributed by atoms with Crippen LogP contribution in [-0.4, -0.2) is 28.6 Å². The number of carbonyl (C=O) groups excluding carboxylic acids is 2. The fourth-order valence-corrected chi connectivity index (χ4v) is 3.46. The third-order valence-corrected chi connectivity index (χ3v) is 5.27. The molecule has 0 saturated carbocycles. The molecular weight excluding hydrogens is 404 g/mol. The molecule has 8 heteroatoms. The Kier molecular flexibility index (Phi) is 5.81. The minimum Gasteiger partial charge on any atom is -0.421 e. The predicted octanol–water partition coefficient (Wildman–Crippen LogP) is 4.40. The van der Waals surface area contributed by atoms with E-state index in [4.69, 9.17) is 16.0 Å². The number of nitrogens with zero attached hydrogens (tertiary/aromatic N) is 3. The molecule has 7 nitrogen and oxygen atoms in total. The summed E-state index contributed by atoms with van der Waals surface area (Å²) in [4.78, 5) is 26.1. The molecule has 1 aromatic heterocycles. The van der Waals surface area contributed by atoms with Gasteiger partial charge in [-0.1, -0.05) is 29.3 Å². The third kappa shape index (κ3) is 4.52. The molecule has 2 heterocycles. The molecule has 1 N–H and O–H groups in total. The number of amides is 2. The van der Waals surface area contributed by atoms with Gasteiger partial charge in [-0.2, -0.15) is 0 Å². The number of nitrogens with one attached hydrogen (secondary N) is 1. The van der Waals surface area contributed by atoms with Gasteiger partial charge >= 0.3 is 0 Å². The molecule has 1 aliphatic heterocycles. The van der Waals surface area contributed by atoms with E-state index in [1.807, 2.05) is 31.2 Å². The largest absolute Gasteiger partial charge is 0.421 e. The van der Waals surface area contributed by atoms with Gasteiger partial charge in [-0.3, -0.25) is 9.59 Å². The van der Waals surface area contributed by atoms with Crippen LogP contribution in [0.15, 0.2) is 46.9 Å². The van der Waals surface area contributed by atoms with E-state index in [-0.39, 0.29) is 18.2 Å². The van der Waals surface area contributed by atoms with Gasteiger partial charge in [0.2, 0.25) is 23.6 Å². The molecule has 0 radical (unpaired) electrons. The van der Waals surface area contributed by atoms with Crippen molar-refractivity contribution in [3.63, 3.8) is 0 Å². The predicted molar refractivity (Wildman–Crippen MR) is 114 cm³/mol. The molecule has 154 valence electrons. The summed E-state index contributed by atoms with van der Waals surface area (Å²) in [5.41, 5.74) is 3.19. The van der Waals surface area contributed by atoms with E-state index < -0.39 is 0 Å². The molecule has 2 amide bonds. The van der Waals surface area contributed by atoms with Crippen molar-refractivity contribution in [3.8, 4) is 11.5 Å². The van der Waals surface area contributed by atoms with Crippen LogP contribution in [0, 0.1) is 6.92 Å². The van der Waals surface area contributed by atoms with Crippen LogP contribution in [0.25, 0.3) is 11.5 Å². The second-order valence-corrected chi connectivity index (χ2v) is 7.64. The number of aryl methyl sites for hydroxylation is 2. The van der Waals surface area contributed by atoms with Crippen molar-refractivity contribution < 1.29 is 14.0 Å². The molecular formula is C22H21ClN4O3. The number of anilines is 2. The van der Waals surface area contributed by atoms with Crippen molar-refractivity contribution in [2.75, 3.05) is 16.8 Å². The zero-order chi connectivity index (χ0) is 21.1. The summed E-state index contributed by atoms with van der Waals surface area (Å²) in [6, 6.07) is 13.0. The van der Waals surface area contributed by atoms with Crippen LogP contribution in [0.5, 0.6) is 0 Å². The second kappa shape index (κ2) is 8.67. The first kappa shape index (κ1) is 20.1. The highest BCUT2D eigenvalue weighted by Gasteiger charge is 2.22. The van der Waals surface area contributed by atoms with Crippen LogP contribution in [-0.2, 0) is 16.0 Å². The third-order valence-electron chi connectivity index (χ3n) is 4.94. The summed E-state index contributed by atoms with van der Waals surface area (Å²) in [5.74, 6) is 0.673. The number of hydrogen-bond donors (Lipinski definition) is 1. The number of halogens is 1. The maximum Gasteiger partial charge on any atom is 0.247 e. The number of hydrogen-bond acceptors (Lipinski definition) is 5. The summed E-state index contributed by atoms with van der Waals surface area (Å²) >= 11 is 6.22. The quantitative estimate of drug-likeness (QED) is 0.633. The van der Waals surface area contributed by atoms with Gasteiger partial charge in [-0.25, -0.2) is 0 Å². The van der Waals surface area contributed by atoms with Gasteiger partial charge in [0.25, 0.3) is 0 Å². The molecule has 3 aromatic rings. The highest BCUT2D eigenvalue weighted by molar-refractivity contribution is 6.33. The van der Waals surface area contributed by atoms with Gasteiger partial charge < -0.3 is 14.6 Å². The molecule has 30 heavy (non-hydrogen) atoms. The van der Waals surface area contributed by atoms with Gasteiger partial charge in [-0.15, -0.1) is 10.2 Å². The Bertz CT molecular complexity index is 1080. The van der Waals surface area contributed by atoms with Gasteiger partial charge in [-0.05, 0) is 43.7 Å². The Labute approximate surface area is 179 Å². The standard InChI is InChI=1S/C22H21ClN4O3/c1-14-4-6-15(7-5-14)22-26-25-20(30-22)11-10-19(28)24-18-13-16(8-9-17(18)23)27-12-2-3-21(27)29/h4-9,13H,2-3,10-12H2,1H3,(H,24,28). The average molecular weight is 425 g/mol. The lowest BCUT2D eigenvalue weighted by atomic mass is 10.1. The summed E-state index contributed by atoms with van der Waals surface area (Å²) in [6.45, 7) is 2.68. The van der Waals surface area contributed by atoms with Gasteiger partial charge in [0.05, 0.1) is 10.7 Å². The van der Waals surface area contributed by atoms with E-state index in [2.05, 4.69) is 15.5 Å². The number of aromatic nitrogens is 2. The van der Waals surface area contributed by atoms with E-state index in [9.17, 15) is 9.59 Å². The molecule has 0 aliphatic carbocycles. The molecule has 0 atom stereocenters. The molecule has 1 saturated heterocycles. The van der Waals surface area contributed by atoms with Gasteiger partial charge in [0, 0.05) is 37.1 Å². The Balaban J connectivity index is 1.37. The summed E-state index contributed by atoms with van der Waals surface area (Å²) in [6.07, 6.45) is 1.85. The first-order valence-electron chi connectivity index (χ1n) is 9.79. The Morgan fingerprint density at radius 2 is 2.00 bits per heavy atom. The normalized spacial score (nSPS) is 13.7. The van der Waals surface area contributed by atoms with Crippen LogP contribution in [0.2, 0.25) is 5.02 Å². The van der Waals surface area contributed by atoms with E-state index in [0.717, 1.165) is 23.2 Å². The topological polar surface area (TPSA) is 88.3 Å². The molecule has 0 bridgehead atoms. The summed E-state index contributed by atoms with van der Waals surface area (Å²) < 4.78 is 5.66. The molecule has 1 aliphatic rings. The molecule has 0 spiro atoms. The zero-order valence-corrected chi connectivity index (χ0v) is 17.3. The molecule has 2 aromatic carbocycles.